The summed E-state index contributed by atoms with van der Waals surface area (Å²) in [6.45, 7) is 1.13. The fourth-order valence-electron chi connectivity index (χ4n) is 3.44. The minimum Gasteiger partial charge on any atom is -0.456 e. The van der Waals surface area contributed by atoms with Gasteiger partial charge < -0.3 is 15.0 Å². The molecule has 1 aromatic heterocycles. The van der Waals surface area contributed by atoms with Crippen LogP contribution in [0.3, 0.4) is 0 Å². The van der Waals surface area contributed by atoms with Gasteiger partial charge >= 0.3 is 0 Å². The van der Waals surface area contributed by atoms with Crippen LogP contribution in [0, 0.1) is 5.92 Å². The first-order valence-electron chi connectivity index (χ1n) is 9.76. The van der Waals surface area contributed by atoms with Crippen molar-refractivity contribution in [1.29, 1.82) is 0 Å². The fraction of sp³-hybridized carbons (Fsp3) is 0.217. The lowest BCUT2D eigenvalue weighted by molar-refractivity contribution is -0.121. The van der Waals surface area contributed by atoms with E-state index in [1.165, 1.54) is 11.3 Å². The number of carbonyl (C=O) groups is 2. The number of halogens is 1. The predicted molar refractivity (Wildman–Crippen MR) is 120 cm³/mol. The van der Waals surface area contributed by atoms with Gasteiger partial charge in [-0.25, -0.2) is 0 Å². The van der Waals surface area contributed by atoms with Crippen molar-refractivity contribution in [1.82, 2.24) is 4.90 Å². The molecule has 3 aromatic rings. The second-order valence-corrected chi connectivity index (χ2v) is 8.47. The van der Waals surface area contributed by atoms with Gasteiger partial charge in [0.25, 0.3) is 5.91 Å². The van der Waals surface area contributed by atoms with E-state index < -0.39 is 0 Å². The molecule has 1 atom stereocenters. The molecule has 2 aromatic carbocycles. The van der Waals surface area contributed by atoms with E-state index in [1.807, 2.05) is 29.6 Å². The lowest BCUT2D eigenvalue weighted by Gasteiger charge is -2.31. The van der Waals surface area contributed by atoms with Gasteiger partial charge in [0.2, 0.25) is 5.91 Å². The van der Waals surface area contributed by atoms with Gasteiger partial charge in [0.1, 0.15) is 11.5 Å². The second kappa shape index (κ2) is 9.32. The van der Waals surface area contributed by atoms with Crippen molar-refractivity contribution in [2.75, 3.05) is 18.4 Å². The molecule has 1 aliphatic heterocycles. The quantitative estimate of drug-likeness (QED) is 0.554. The smallest absolute Gasteiger partial charge is 0.263 e. The highest BCUT2D eigenvalue weighted by Gasteiger charge is 2.29. The van der Waals surface area contributed by atoms with Gasteiger partial charge in [-0.3, -0.25) is 9.59 Å². The molecule has 0 aliphatic carbocycles. The first kappa shape index (κ1) is 20.4. The van der Waals surface area contributed by atoms with Crippen LogP contribution in [0.25, 0.3) is 0 Å². The van der Waals surface area contributed by atoms with E-state index in [0.717, 1.165) is 12.8 Å². The lowest BCUT2D eigenvalue weighted by atomic mass is 9.97. The Labute approximate surface area is 184 Å². The predicted octanol–water partition coefficient (Wildman–Crippen LogP) is 5.68. The second-order valence-electron chi connectivity index (χ2n) is 7.11. The van der Waals surface area contributed by atoms with E-state index in [0.29, 0.717) is 40.2 Å². The topological polar surface area (TPSA) is 58.6 Å². The summed E-state index contributed by atoms with van der Waals surface area (Å²) >= 11 is 7.55. The normalized spacial score (nSPS) is 16.2. The van der Waals surface area contributed by atoms with Crippen LogP contribution in [-0.2, 0) is 4.79 Å². The number of benzene rings is 2. The molecule has 0 saturated carbocycles. The summed E-state index contributed by atoms with van der Waals surface area (Å²) in [5.41, 5.74) is 0.688. The molecule has 1 unspecified atom stereocenters. The number of hydrogen-bond acceptors (Lipinski definition) is 4. The Bertz CT molecular complexity index is 1020. The standard InChI is InChI=1S/C23H21ClN2O3S/c24-19-6-1-2-7-20(19)29-18-11-9-17(10-12-18)25-22(27)16-5-3-13-26(15-16)23(28)21-8-4-14-30-21/h1-2,4,6-12,14,16H,3,5,13,15H2,(H,25,27). The van der Waals surface area contributed by atoms with E-state index in [-0.39, 0.29) is 17.7 Å². The summed E-state index contributed by atoms with van der Waals surface area (Å²) in [4.78, 5) is 27.8. The zero-order valence-corrected chi connectivity index (χ0v) is 17.8. The minimum absolute atomic E-state index is 0.00331. The number of ether oxygens (including phenoxy) is 1. The maximum absolute atomic E-state index is 12.7. The van der Waals surface area contributed by atoms with Crippen molar-refractivity contribution in [2.24, 2.45) is 5.92 Å². The lowest BCUT2D eigenvalue weighted by Crippen LogP contribution is -2.43. The Hall–Kier alpha value is -2.83. The van der Waals surface area contributed by atoms with Crippen LogP contribution in [-0.4, -0.2) is 29.8 Å². The van der Waals surface area contributed by atoms with Crippen LogP contribution in [0.2, 0.25) is 5.02 Å². The molecule has 0 radical (unpaired) electrons. The van der Waals surface area contributed by atoms with Crippen LogP contribution in [0.4, 0.5) is 5.69 Å². The zero-order chi connectivity index (χ0) is 20.9. The van der Waals surface area contributed by atoms with E-state index in [1.54, 1.807) is 41.3 Å². The van der Waals surface area contributed by atoms with E-state index in [4.69, 9.17) is 16.3 Å². The monoisotopic (exact) mass is 440 g/mol. The number of carbonyl (C=O) groups excluding carboxylic acids is 2. The maximum atomic E-state index is 12.7. The molecule has 7 heteroatoms. The first-order valence-corrected chi connectivity index (χ1v) is 11.0. The van der Waals surface area contributed by atoms with Gasteiger partial charge in [0.15, 0.2) is 0 Å². The van der Waals surface area contributed by atoms with Crippen molar-refractivity contribution in [3.8, 4) is 11.5 Å². The Balaban J connectivity index is 1.35. The van der Waals surface area contributed by atoms with E-state index >= 15 is 0 Å². The van der Waals surface area contributed by atoms with Crippen LogP contribution in [0.15, 0.2) is 66.0 Å². The van der Waals surface area contributed by atoms with Crippen molar-refractivity contribution in [2.45, 2.75) is 12.8 Å². The average molecular weight is 441 g/mol. The van der Waals surface area contributed by atoms with Crippen LogP contribution in [0.1, 0.15) is 22.5 Å². The molecule has 2 amide bonds. The molecule has 0 bridgehead atoms. The molecule has 5 nitrogen and oxygen atoms in total. The highest BCUT2D eigenvalue weighted by Crippen LogP contribution is 2.29. The number of likely N-dealkylation sites (tertiary alicyclic amines) is 1. The molecule has 1 aliphatic rings. The van der Waals surface area contributed by atoms with Gasteiger partial charge in [-0.15, -0.1) is 11.3 Å². The zero-order valence-electron chi connectivity index (χ0n) is 16.2. The van der Waals surface area contributed by atoms with Crippen molar-refractivity contribution >= 4 is 40.4 Å². The summed E-state index contributed by atoms with van der Waals surface area (Å²) in [5, 5.41) is 5.38. The SMILES string of the molecule is O=C(Nc1ccc(Oc2ccccc2Cl)cc1)C1CCCN(C(=O)c2cccs2)C1. The van der Waals surface area contributed by atoms with Crippen molar-refractivity contribution < 1.29 is 14.3 Å². The third kappa shape index (κ3) is 4.83. The number of thiophene rings is 1. The molecule has 4 rings (SSSR count). The Morgan fingerprint density at radius 3 is 2.60 bits per heavy atom. The fourth-order valence-corrected chi connectivity index (χ4v) is 4.30. The third-order valence-corrected chi connectivity index (χ3v) is 6.17. The van der Waals surface area contributed by atoms with Gasteiger partial charge in [0.05, 0.1) is 15.8 Å². The summed E-state index contributed by atoms with van der Waals surface area (Å²) in [6.07, 6.45) is 1.59. The van der Waals surface area contributed by atoms with Gasteiger partial charge in [-0.2, -0.15) is 0 Å². The molecule has 1 fully saturated rings. The number of amides is 2. The minimum atomic E-state index is -0.221. The van der Waals surface area contributed by atoms with Gasteiger partial charge in [0, 0.05) is 18.8 Å². The van der Waals surface area contributed by atoms with Crippen LogP contribution < -0.4 is 10.1 Å². The number of nitrogens with zero attached hydrogens (tertiary/aromatic N) is 1. The number of rotatable bonds is 5. The Morgan fingerprint density at radius 1 is 1.07 bits per heavy atom. The first-order chi connectivity index (χ1) is 14.6. The largest absolute Gasteiger partial charge is 0.456 e. The number of anilines is 1. The molecule has 154 valence electrons. The third-order valence-electron chi connectivity index (χ3n) is 5.00. The van der Waals surface area contributed by atoms with Crippen molar-refractivity contribution in [3.05, 3.63) is 75.9 Å². The van der Waals surface area contributed by atoms with E-state index in [2.05, 4.69) is 5.32 Å². The molecule has 0 spiro atoms. The van der Waals surface area contributed by atoms with Gasteiger partial charge in [-0.05, 0) is 60.7 Å². The number of para-hydroxylation sites is 1. The van der Waals surface area contributed by atoms with Crippen molar-refractivity contribution in [3.63, 3.8) is 0 Å². The molecule has 2 heterocycles. The van der Waals surface area contributed by atoms with E-state index in [9.17, 15) is 9.59 Å². The molecule has 1 N–H and O–H groups in total. The number of nitrogens with one attached hydrogen (secondary N) is 1. The maximum Gasteiger partial charge on any atom is 0.263 e. The molecule has 30 heavy (non-hydrogen) atoms. The summed E-state index contributed by atoms with van der Waals surface area (Å²) in [6, 6.07) is 18.1. The molecular formula is C23H21ClN2O3S. The number of hydrogen-bond donors (Lipinski definition) is 1. The highest BCUT2D eigenvalue weighted by atomic mass is 35.5. The van der Waals surface area contributed by atoms with Crippen LogP contribution >= 0.6 is 22.9 Å². The highest BCUT2D eigenvalue weighted by molar-refractivity contribution is 7.12. The summed E-state index contributed by atoms with van der Waals surface area (Å²) < 4.78 is 5.77. The average Bonchev–Trinajstić information content (AvgIpc) is 3.31. The van der Waals surface area contributed by atoms with Gasteiger partial charge in [-0.1, -0.05) is 29.8 Å². The molecular weight excluding hydrogens is 420 g/mol. The summed E-state index contributed by atoms with van der Waals surface area (Å²) in [7, 11) is 0. The Kier molecular flexibility index (Phi) is 6.35. The Morgan fingerprint density at radius 2 is 1.87 bits per heavy atom. The number of piperidine rings is 1. The van der Waals surface area contributed by atoms with Crippen LogP contribution in [0.5, 0.6) is 11.5 Å². The molecule has 1 saturated heterocycles. The summed E-state index contributed by atoms with van der Waals surface area (Å²) in [5.74, 6) is 0.920.